The van der Waals surface area contributed by atoms with E-state index in [0.717, 1.165) is 19.3 Å². The van der Waals surface area contributed by atoms with Gasteiger partial charge in [0.2, 0.25) is 0 Å². The van der Waals surface area contributed by atoms with Crippen molar-refractivity contribution in [2.75, 3.05) is 11.9 Å². The van der Waals surface area contributed by atoms with Crippen LogP contribution in [-0.2, 0) is 0 Å². The minimum absolute atomic E-state index is 0.245. The number of rotatable bonds is 4. The highest BCUT2D eigenvalue weighted by Crippen LogP contribution is 2.21. The molecule has 1 aromatic rings. The second-order valence-electron chi connectivity index (χ2n) is 5.02. The number of aromatic hydroxyl groups is 1. The molecule has 1 aromatic carbocycles. The van der Waals surface area contributed by atoms with Gasteiger partial charge in [0.1, 0.15) is 11.3 Å². The zero-order chi connectivity index (χ0) is 15.2. The number of hydrogen-bond acceptors (Lipinski definition) is 3. The van der Waals surface area contributed by atoms with Crippen LogP contribution in [0.25, 0.3) is 0 Å². The zero-order valence-corrected chi connectivity index (χ0v) is 11.5. The Bertz CT molecular complexity index is 569. The van der Waals surface area contributed by atoms with Gasteiger partial charge in [-0.25, -0.2) is 9.59 Å². The molecule has 6 nitrogen and oxygen atoms in total. The summed E-state index contributed by atoms with van der Waals surface area (Å²) in [6.45, 7) is 0.583. The van der Waals surface area contributed by atoms with E-state index in [2.05, 4.69) is 22.8 Å². The Hall–Kier alpha value is -2.50. The Morgan fingerprint density at radius 3 is 2.76 bits per heavy atom. The van der Waals surface area contributed by atoms with E-state index >= 15 is 0 Å². The van der Waals surface area contributed by atoms with Crippen molar-refractivity contribution in [1.82, 2.24) is 5.32 Å². The minimum atomic E-state index is -1.24. The van der Waals surface area contributed by atoms with Crippen LogP contribution in [0.5, 0.6) is 5.75 Å². The summed E-state index contributed by atoms with van der Waals surface area (Å²) in [5.74, 6) is -1.14. The number of nitrogens with one attached hydrogen (secondary N) is 2. The molecule has 0 aliphatic heterocycles. The summed E-state index contributed by atoms with van der Waals surface area (Å²) >= 11 is 0. The second-order valence-corrected chi connectivity index (χ2v) is 5.02. The van der Waals surface area contributed by atoms with Gasteiger partial charge in [-0.15, -0.1) is 0 Å². The SMILES string of the molecule is O=C(NCC1CC=CCC1)Nc1ccc(O)c(C(=O)O)c1. The third-order valence-electron chi connectivity index (χ3n) is 3.41. The van der Waals surface area contributed by atoms with Crippen LogP contribution < -0.4 is 10.6 Å². The molecule has 0 bridgehead atoms. The van der Waals surface area contributed by atoms with E-state index < -0.39 is 5.97 Å². The quantitative estimate of drug-likeness (QED) is 0.506. The van der Waals surface area contributed by atoms with Gasteiger partial charge in [0.15, 0.2) is 0 Å². The number of carbonyl (C=O) groups excluding carboxylic acids is 1. The number of allylic oxidation sites excluding steroid dienone is 2. The largest absolute Gasteiger partial charge is 0.507 e. The van der Waals surface area contributed by atoms with Crippen LogP contribution in [0.4, 0.5) is 10.5 Å². The van der Waals surface area contributed by atoms with E-state index in [0.29, 0.717) is 18.2 Å². The molecular weight excluding hydrogens is 272 g/mol. The van der Waals surface area contributed by atoms with Crippen molar-refractivity contribution >= 4 is 17.7 Å². The third kappa shape index (κ3) is 4.24. The molecule has 2 rings (SSSR count). The molecule has 1 aliphatic carbocycles. The number of hydrogen-bond donors (Lipinski definition) is 4. The van der Waals surface area contributed by atoms with Crippen LogP contribution in [0.1, 0.15) is 29.6 Å². The Morgan fingerprint density at radius 2 is 2.10 bits per heavy atom. The average Bonchev–Trinajstić information content (AvgIpc) is 2.48. The van der Waals surface area contributed by atoms with Gasteiger partial charge in [0, 0.05) is 12.2 Å². The molecule has 0 aromatic heterocycles. The summed E-state index contributed by atoms with van der Waals surface area (Å²) in [7, 11) is 0. The topological polar surface area (TPSA) is 98.7 Å². The maximum Gasteiger partial charge on any atom is 0.339 e. The smallest absolute Gasteiger partial charge is 0.339 e. The van der Waals surface area contributed by atoms with E-state index in [1.807, 2.05) is 0 Å². The first-order chi connectivity index (χ1) is 10.1. The van der Waals surface area contributed by atoms with Gasteiger partial charge >= 0.3 is 12.0 Å². The molecule has 4 N–H and O–H groups in total. The van der Waals surface area contributed by atoms with Crippen LogP contribution >= 0.6 is 0 Å². The van der Waals surface area contributed by atoms with Crippen LogP contribution in [0.15, 0.2) is 30.4 Å². The van der Waals surface area contributed by atoms with Crippen molar-refractivity contribution in [2.45, 2.75) is 19.3 Å². The van der Waals surface area contributed by atoms with E-state index in [4.69, 9.17) is 5.11 Å². The van der Waals surface area contributed by atoms with E-state index in [-0.39, 0.29) is 17.3 Å². The number of phenols is 1. The molecule has 112 valence electrons. The van der Waals surface area contributed by atoms with Crippen molar-refractivity contribution in [3.05, 3.63) is 35.9 Å². The Balaban J connectivity index is 1.89. The number of carbonyl (C=O) groups is 2. The van der Waals surface area contributed by atoms with Crippen LogP contribution in [-0.4, -0.2) is 28.8 Å². The fourth-order valence-electron chi connectivity index (χ4n) is 2.24. The van der Waals surface area contributed by atoms with E-state index in [1.54, 1.807) is 0 Å². The summed E-state index contributed by atoms with van der Waals surface area (Å²) in [6, 6.07) is 3.53. The normalized spacial score (nSPS) is 17.2. The molecular formula is C15H18N2O4. The molecule has 1 unspecified atom stereocenters. The third-order valence-corrected chi connectivity index (χ3v) is 3.41. The van der Waals surface area contributed by atoms with Crippen molar-refractivity contribution in [3.8, 4) is 5.75 Å². The summed E-state index contributed by atoms with van der Waals surface area (Å²) in [4.78, 5) is 22.7. The van der Waals surface area contributed by atoms with Gasteiger partial charge in [0.25, 0.3) is 0 Å². The van der Waals surface area contributed by atoms with Crippen LogP contribution in [0, 0.1) is 5.92 Å². The van der Waals surface area contributed by atoms with E-state index in [1.165, 1.54) is 18.2 Å². The summed E-state index contributed by atoms with van der Waals surface area (Å²) in [5.41, 5.74) is 0.0801. The van der Waals surface area contributed by atoms with Gasteiger partial charge in [0.05, 0.1) is 0 Å². The van der Waals surface area contributed by atoms with Gasteiger partial charge in [-0.05, 0) is 43.4 Å². The van der Waals surface area contributed by atoms with Crippen molar-refractivity contribution in [3.63, 3.8) is 0 Å². The fourth-order valence-corrected chi connectivity index (χ4v) is 2.24. The molecule has 6 heteroatoms. The average molecular weight is 290 g/mol. The Kier molecular flexibility index (Phi) is 4.81. The first kappa shape index (κ1) is 14.9. The lowest BCUT2D eigenvalue weighted by molar-refractivity contribution is 0.0693. The predicted octanol–water partition coefficient (Wildman–Crippen LogP) is 2.57. The molecule has 0 fully saturated rings. The number of amides is 2. The molecule has 0 spiro atoms. The molecule has 2 amide bonds. The van der Waals surface area contributed by atoms with Gasteiger partial charge in [-0.3, -0.25) is 0 Å². The first-order valence-electron chi connectivity index (χ1n) is 6.82. The number of benzene rings is 1. The standard InChI is InChI=1S/C15H18N2O4/c18-13-7-6-11(8-12(13)14(19)20)17-15(21)16-9-10-4-2-1-3-5-10/h1-2,6-8,10,18H,3-5,9H2,(H,19,20)(H2,16,17,21). The number of urea groups is 1. The predicted molar refractivity (Wildman–Crippen MR) is 78.6 cm³/mol. The van der Waals surface area contributed by atoms with Crippen LogP contribution in [0.3, 0.4) is 0 Å². The lowest BCUT2D eigenvalue weighted by Gasteiger charge is -2.18. The lowest BCUT2D eigenvalue weighted by Crippen LogP contribution is -2.33. The van der Waals surface area contributed by atoms with Gasteiger partial charge < -0.3 is 20.8 Å². The Morgan fingerprint density at radius 1 is 1.29 bits per heavy atom. The molecule has 0 heterocycles. The minimum Gasteiger partial charge on any atom is -0.507 e. The lowest BCUT2D eigenvalue weighted by atomic mass is 9.94. The molecule has 1 aliphatic rings. The number of aromatic carboxylic acids is 1. The van der Waals surface area contributed by atoms with Crippen molar-refractivity contribution < 1.29 is 19.8 Å². The maximum absolute atomic E-state index is 11.8. The molecule has 1 atom stereocenters. The zero-order valence-electron chi connectivity index (χ0n) is 11.5. The van der Waals surface area contributed by atoms with Crippen LogP contribution in [0.2, 0.25) is 0 Å². The van der Waals surface area contributed by atoms with Crippen molar-refractivity contribution in [2.24, 2.45) is 5.92 Å². The van der Waals surface area contributed by atoms with Gasteiger partial charge in [-0.1, -0.05) is 12.2 Å². The highest BCUT2D eigenvalue weighted by atomic mass is 16.4. The summed E-state index contributed by atoms with van der Waals surface area (Å²) in [5, 5.41) is 23.6. The summed E-state index contributed by atoms with van der Waals surface area (Å²) in [6.07, 6.45) is 7.31. The monoisotopic (exact) mass is 290 g/mol. The number of anilines is 1. The number of carboxylic acids is 1. The summed E-state index contributed by atoms with van der Waals surface area (Å²) < 4.78 is 0. The number of carboxylic acid groups (broad SMARTS) is 1. The highest BCUT2D eigenvalue weighted by molar-refractivity contribution is 5.95. The second kappa shape index (κ2) is 6.78. The first-order valence-corrected chi connectivity index (χ1v) is 6.82. The molecule has 0 radical (unpaired) electrons. The molecule has 21 heavy (non-hydrogen) atoms. The molecule has 0 saturated heterocycles. The van der Waals surface area contributed by atoms with Gasteiger partial charge in [-0.2, -0.15) is 0 Å². The highest BCUT2D eigenvalue weighted by Gasteiger charge is 2.13. The van der Waals surface area contributed by atoms with E-state index in [9.17, 15) is 14.7 Å². The van der Waals surface area contributed by atoms with Crippen molar-refractivity contribution in [1.29, 1.82) is 0 Å². The molecule has 0 saturated carbocycles. The fraction of sp³-hybridized carbons (Fsp3) is 0.333. The maximum atomic E-state index is 11.8. The Labute approximate surface area is 122 Å².